The van der Waals surface area contributed by atoms with E-state index in [1.165, 1.54) is 31.0 Å². The molecule has 220 valence electrons. The van der Waals surface area contributed by atoms with Gasteiger partial charge < -0.3 is 33.0 Å². The number of rotatable bonds is 4. The number of nitrogens with zero attached hydrogens (tertiary/aromatic N) is 1. The van der Waals surface area contributed by atoms with Gasteiger partial charge in [0.15, 0.2) is 17.4 Å². The van der Waals surface area contributed by atoms with Crippen molar-refractivity contribution in [3.05, 3.63) is 96.5 Å². The van der Waals surface area contributed by atoms with Gasteiger partial charge in [-0.15, -0.1) is 0 Å². The van der Waals surface area contributed by atoms with E-state index in [0.717, 1.165) is 19.3 Å². The molecule has 11 nitrogen and oxygen atoms in total. The van der Waals surface area contributed by atoms with E-state index in [1.807, 2.05) is 0 Å². The van der Waals surface area contributed by atoms with Crippen molar-refractivity contribution in [1.82, 2.24) is 0 Å². The van der Waals surface area contributed by atoms with E-state index in [2.05, 4.69) is 0 Å². The van der Waals surface area contributed by atoms with Crippen LogP contribution in [0.4, 0.5) is 17.1 Å². The number of nitrogen functional groups attached to an aromatic ring is 2. The summed E-state index contributed by atoms with van der Waals surface area (Å²) in [5.74, 6) is -2.35. The number of aliphatic hydroxyl groups is 1. The molecule has 0 unspecified atom stereocenters. The van der Waals surface area contributed by atoms with Gasteiger partial charge in [0.05, 0.1) is 44.1 Å². The summed E-state index contributed by atoms with van der Waals surface area (Å²) in [6.07, 6.45) is 2.56. The molecule has 1 saturated heterocycles. The van der Waals surface area contributed by atoms with Crippen LogP contribution in [0, 0.1) is 10.1 Å². The van der Waals surface area contributed by atoms with Crippen LogP contribution in [0.15, 0.2) is 54.6 Å². The molecular formula is C25H32AlCl3LiN3O8. The minimum Gasteiger partial charge on any atom is -1.00 e. The number of carboxylic acid groups (broad SMARTS) is 2. The number of carboxylic acids is 2. The molecule has 0 saturated carbocycles. The molecule has 1 aliphatic heterocycles. The van der Waals surface area contributed by atoms with E-state index in [-0.39, 0.29) is 72.5 Å². The summed E-state index contributed by atoms with van der Waals surface area (Å²) in [6.45, 7) is 1.93. The Hall–Kier alpha value is -2.48. The Labute approximate surface area is 276 Å². The average Bonchev–Trinajstić information content (AvgIpc) is 3.48. The molecule has 0 amide bonds. The number of aromatic carboxylic acids is 2. The number of ether oxygens (including phenoxy) is 1. The first-order valence-electron chi connectivity index (χ1n) is 11.1. The molecule has 1 fully saturated rings. The molecule has 3 aromatic rings. The third kappa shape index (κ3) is 13.8. The summed E-state index contributed by atoms with van der Waals surface area (Å²) < 4.78 is 4.94. The second-order valence-electron chi connectivity index (χ2n) is 7.51. The van der Waals surface area contributed by atoms with Gasteiger partial charge in [-0.25, -0.2) is 9.59 Å². The van der Waals surface area contributed by atoms with Crippen LogP contribution in [-0.2, 0) is 11.3 Å². The predicted octanol–water partition coefficient (Wildman–Crippen LogP) is 1.96. The van der Waals surface area contributed by atoms with Crippen LogP contribution in [0.2, 0.25) is 15.1 Å². The van der Waals surface area contributed by atoms with Gasteiger partial charge in [0.2, 0.25) is 0 Å². The zero-order chi connectivity index (χ0) is 29.5. The van der Waals surface area contributed by atoms with Crippen molar-refractivity contribution in [2.75, 3.05) is 24.7 Å². The smallest absolute Gasteiger partial charge is 1.00 e. The zero-order valence-electron chi connectivity index (χ0n) is 22.4. The van der Waals surface area contributed by atoms with E-state index in [1.54, 1.807) is 30.3 Å². The van der Waals surface area contributed by atoms with Crippen molar-refractivity contribution in [2.24, 2.45) is 0 Å². The fourth-order valence-electron chi connectivity index (χ4n) is 2.77. The maximum absolute atomic E-state index is 10.5. The Morgan fingerprint density at radius 3 is 1.68 bits per heavy atom. The van der Waals surface area contributed by atoms with E-state index >= 15 is 0 Å². The molecule has 4 rings (SSSR count). The number of nitro groups is 1. The molecule has 41 heavy (non-hydrogen) atoms. The average molecular weight is 643 g/mol. The van der Waals surface area contributed by atoms with Crippen molar-refractivity contribution in [1.29, 1.82) is 0 Å². The SMILES string of the molecule is C1CCOC1.Nc1cccc(C(=O)O)c1Cl.Nc1cccc(CO)c1Cl.O=C(O)c1cccc([N+](=O)[O-])c1Cl.[AlH3].[H-].[HH].[Li+]. The summed E-state index contributed by atoms with van der Waals surface area (Å²) in [4.78, 5) is 30.5. The number of hydrogen-bond donors (Lipinski definition) is 5. The third-order valence-electron chi connectivity index (χ3n) is 4.77. The second-order valence-corrected chi connectivity index (χ2v) is 8.65. The third-order valence-corrected chi connectivity index (χ3v) is 6.05. The first kappa shape index (κ1) is 40.7. The summed E-state index contributed by atoms with van der Waals surface area (Å²) >= 11 is 16.8. The Morgan fingerprint density at radius 2 is 1.32 bits per heavy atom. The minimum atomic E-state index is -1.28. The van der Waals surface area contributed by atoms with Gasteiger partial charge in [0, 0.05) is 20.7 Å². The number of nitro benzene ring substituents is 1. The minimum absolute atomic E-state index is 0. The fraction of sp³-hybridized carbons (Fsp3) is 0.200. The van der Waals surface area contributed by atoms with Crippen molar-refractivity contribution >= 4 is 81.2 Å². The van der Waals surface area contributed by atoms with Gasteiger partial charge >= 0.3 is 30.8 Å². The molecule has 1 heterocycles. The molecular weight excluding hydrogens is 611 g/mol. The number of aliphatic hydroxyl groups excluding tert-OH is 1. The van der Waals surface area contributed by atoms with Gasteiger partial charge in [-0.05, 0) is 42.7 Å². The molecule has 0 atom stereocenters. The normalized spacial score (nSPS) is 10.9. The molecule has 0 aliphatic carbocycles. The maximum atomic E-state index is 10.5. The van der Waals surface area contributed by atoms with E-state index < -0.39 is 22.5 Å². The number of anilines is 2. The molecule has 1 aliphatic rings. The predicted molar refractivity (Wildman–Crippen MR) is 163 cm³/mol. The van der Waals surface area contributed by atoms with Crippen LogP contribution in [0.3, 0.4) is 0 Å². The summed E-state index contributed by atoms with van der Waals surface area (Å²) in [5, 5.41) is 36.3. The van der Waals surface area contributed by atoms with Gasteiger partial charge in [0.1, 0.15) is 5.02 Å². The Morgan fingerprint density at radius 1 is 0.878 bits per heavy atom. The van der Waals surface area contributed by atoms with Crippen LogP contribution in [0.25, 0.3) is 0 Å². The zero-order valence-corrected chi connectivity index (χ0v) is 23.6. The van der Waals surface area contributed by atoms with Crippen molar-refractivity contribution in [3.63, 3.8) is 0 Å². The molecule has 0 spiro atoms. The molecule has 0 aromatic heterocycles. The van der Waals surface area contributed by atoms with Crippen LogP contribution < -0.4 is 30.3 Å². The van der Waals surface area contributed by atoms with E-state index in [9.17, 15) is 19.7 Å². The molecule has 7 N–H and O–H groups in total. The topological polar surface area (TPSA) is 199 Å². The summed E-state index contributed by atoms with van der Waals surface area (Å²) in [7, 11) is 0. The number of nitrogens with two attached hydrogens (primary N) is 2. The van der Waals surface area contributed by atoms with Crippen molar-refractivity contribution in [2.45, 2.75) is 19.4 Å². The van der Waals surface area contributed by atoms with Gasteiger partial charge in [-0.1, -0.05) is 59.1 Å². The number of halogens is 3. The van der Waals surface area contributed by atoms with E-state index in [0.29, 0.717) is 16.3 Å². The van der Waals surface area contributed by atoms with E-state index in [4.69, 9.17) is 66.3 Å². The number of carbonyl (C=O) groups is 2. The molecule has 3 aromatic carbocycles. The van der Waals surface area contributed by atoms with Gasteiger partial charge in [0.25, 0.3) is 5.69 Å². The molecule has 16 heteroatoms. The Kier molecular flexibility index (Phi) is 21.1. The first-order chi connectivity index (χ1) is 18.4. The molecule has 0 bridgehead atoms. The van der Waals surface area contributed by atoms with Gasteiger partial charge in [-0.2, -0.15) is 0 Å². The first-order valence-corrected chi connectivity index (χ1v) is 12.2. The monoisotopic (exact) mass is 641 g/mol. The van der Waals surface area contributed by atoms with Crippen LogP contribution in [-0.4, -0.2) is 62.8 Å². The molecule has 0 radical (unpaired) electrons. The van der Waals surface area contributed by atoms with Crippen molar-refractivity contribution < 1.29 is 56.3 Å². The summed E-state index contributed by atoms with van der Waals surface area (Å²) in [5.41, 5.74) is 11.6. The summed E-state index contributed by atoms with van der Waals surface area (Å²) in [6, 6.07) is 13.3. The second kappa shape index (κ2) is 21.3. The number of benzene rings is 3. The van der Waals surface area contributed by atoms with Crippen LogP contribution >= 0.6 is 34.8 Å². The standard InChI is InChI=1S/C7H4ClNO4.C7H6ClNO2.C7H8ClNO.C4H8O.Al.Li.H2.4H/c8-6-4(7(10)11)2-1-3-5(6)9(12)13;8-6-4(7(10)11)2-1-3-5(6)9;8-7-5(4-10)2-1-3-6(7)9;1-2-4-5-3-1;;;;;;;/h1-3H,(H,10,11);1-3H,9H2,(H,10,11);1-3,10H,4,9H2;1-4H2;;;1H;;;;/q;;;;;+1;;;;;-1. The van der Waals surface area contributed by atoms with Crippen LogP contribution in [0.1, 0.15) is 42.0 Å². The maximum Gasteiger partial charge on any atom is 1.00 e. The number of hydrogen-bond acceptors (Lipinski definition) is 8. The Bertz CT molecular complexity index is 1270. The quantitative estimate of drug-likeness (QED) is 0.121. The van der Waals surface area contributed by atoms with Crippen molar-refractivity contribution in [3.8, 4) is 0 Å². The largest absolute Gasteiger partial charge is 1.00 e. The Balaban J connectivity index is -0.000000236. The van der Waals surface area contributed by atoms with Crippen LogP contribution in [0.5, 0.6) is 0 Å². The fourth-order valence-corrected chi connectivity index (χ4v) is 3.44. The van der Waals surface area contributed by atoms with Gasteiger partial charge in [-0.3, -0.25) is 10.1 Å².